The third kappa shape index (κ3) is 3.71. The molecule has 2 heterocycles. The average molecular weight is 371 g/mol. The monoisotopic (exact) mass is 370 g/mol. The molecule has 3 nitrogen and oxygen atoms in total. The van der Waals surface area contributed by atoms with Crippen molar-refractivity contribution < 1.29 is 4.74 Å². The van der Waals surface area contributed by atoms with Crippen LogP contribution >= 0.6 is 11.8 Å². The predicted molar refractivity (Wildman–Crippen MR) is 112 cm³/mol. The summed E-state index contributed by atoms with van der Waals surface area (Å²) in [6, 6.07) is 7.15. The number of thioether (sulfide) groups is 1. The van der Waals surface area contributed by atoms with Crippen molar-refractivity contribution in [2.24, 2.45) is 0 Å². The van der Waals surface area contributed by atoms with Gasteiger partial charge in [-0.1, -0.05) is 31.5 Å². The number of anilines is 1. The second-order valence-corrected chi connectivity index (χ2v) is 8.36. The predicted octanol–water partition coefficient (Wildman–Crippen LogP) is 6.21. The van der Waals surface area contributed by atoms with Gasteiger partial charge < -0.3 is 9.64 Å². The van der Waals surface area contributed by atoms with E-state index in [1.165, 1.54) is 16.1 Å². The number of rotatable bonds is 5. The van der Waals surface area contributed by atoms with Crippen LogP contribution in [0.2, 0.25) is 0 Å². The van der Waals surface area contributed by atoms with E-state index in [2.05, 4.69) is 64.6 Å². The van der Waals surface area contributed by atoms with Crippen LogP contribution in [0.4, 0.5) is 5.69 Å². The maximum absolute atomic E-state index is 6.41. The van der Waals surface area contributed by atoms with E-state index >= 15 is 0 Å². The first kappa shape index (κ1) is 19.1. The van der Waals surface area contributed by atoms with Crippen LogP contribution in [0, 0.1) is 27.7 Å². The van der Waals surface area contributed by atoms with Crippen LogP contribution in [-0.4, -0.2) is 23.3 Å². The van der Waals surface area contributed by atoms with Crippen molar-refractivity contribution >= 4 is 17.4 Å². The molecule has 0 N–H and O–H groups in total. The zero-order valence-electron chi connectivity index (χ0n) is 16.8. The Labute approximate surface area is 162 Å². The lowest BCUT2D eigenvalue weighted by Crippen LogP contribution is -2.38. The second-order valence-electron chi connectivity index (χ2n) is 7.26. The van der Waals surface area contributed by atoms with E-state index in [1.807, 2.05) is 11.8 Å². The van der Waals surface area contributed by atoms with Gasteiger partial charge in [0.15, 0.2) is 0 Å². The van der Waals surface area contributed by atoms with Gasteiger partial charge in [0.2, 0.25) is 5.88 Å². The summed E-state index contributed by atoms with van der Waals surface area (Å²) in [5.41, 5.74) is 5.90. The first-order valence-corrected chi connectivity index (χ1v) is 10.6. The van der Waals surface area contributed by atoms with Gasteiger partial charge in [0.05, 0.1) is 10.6 Å². The Morgan fingerprint density at radius 3 is 2.35 bits per heavy atom. The summed E-state index contributed by atoms with van der Waals surface area (Å²) in [6.45, 7) is 14.1. The van der Waals surface area contributed by atoms with E-state index in [4.69, 9.17) is 9.72 Å². The van der Waals surface area contributed by atoms with Crippen molar-refractivity contribution in [1.82, 2.24) is 4.98 Å². The topological polar surface area (TPSA) is 25.4 Å². The summed E-state index contributed by atoms with van der Waals surface area (Å²) < 4.78 is 6.41. The van der Waals surface area contributed by atoms with Gasteiger partial charge in [-0.25, -0.2) is 4.98 Å². The van der Waals surface area contributed by atoms with Gasteiger partial charge in [-0.15, -0.1) is 11.8 Å². The number of hydrogen-bond donors (Lipinski definition) is 0. The number of ether oxygens (including phenoxy) is 1. The number of fused-ring (bicyclic) bond motifs is 1. The lowest BCUT2D eigenvalue weighted by molar-refractivity contribution is 0.440. The second kappa shape index (κ2) is 7.91. The molecule has 2 aromatic rings. The number of aryl methyl sites for hydroxylation is 4. The molecule has 0 saturated carbocycles. The Hall–Kier alpha value is -1.68. The van der Waals surface area contributed by atoms with E-state index in [1.54, 1.807) is 0 Å². The number of nitrogens with zero attached hydrogens (tertiary/aromatic N) is 2. The fourth-order valence-electron chi connectivity index (χ4n) is 3.93. The molecule has 0 radical (unpaired) electrons. The Kier molecular flexibility index (Phi) is 5.81. The Morgan fingerprint density at radius 2 is 1.73 bits per heavy atom. The van der Waals surface area contributed by atoms with Gasteiger partial charge in [0.25, 0.3) is 0 Å². The Balaban J connectivity index is 2.05. The summed E-state index contributed by atoms with van der Waals surface area (Å²) >= 11 is 1.87. The molecule has 26 heavy (non-hydrogen) atoms. The lowest BCUT2D eigenvalue weighted by atomic mass is 10.1. The van der Waals surface area contributed by atoms with Gasteiger partial charge in [-0.2, -0.15) is 0 Å². The fraction of sp³-hybridized carbons (Fsp3) is 0.500. The van der Waals surface area contributed by atoms with Gasteiger partial charge >= 0.3 is 0 Å². The Bertz CT molecular complexity index is 776. The van der Waals surface area contributed by atoms with E-state index in [9.17, 15) is 0 Å². The molecule has 3 rings (SSSR count). The third-order valence-corrected chi connectivity index (χ3v) is 6.18. The van der Waals surface area contributed by atoms with Gasteiger partial charge in [-0.3, -0.25) is 0 Å². The highest BCUT2D eigenvalue weighted by Gasteiger charge is 2.27. The molecular formula is C22H30N2OS. The molecule has 1 aromatic heterocycles. The number of benzene rings is 1. The normalized spacial score (nSPS) is 13.9. The van der Waals surface area contributed by atoms with Crippen molar-refractivity contribution in [2.75, 3.05) is 17.2 Å². The molecule has 1 aromatic carbocycles. The van der Waals surface area contributed by atoms with Crippen LogP contribution in [-0.2, 0) is 0 Å². The maximum Gasteiger partial charge on any atom is 0.235 e. The standard InChI is InChI=1S/C22H30N2OS/c1-7-18(8-2)24-9-10-26-21-19(24)13-17(6)23-22(21)25-20-15(4)11-14(3)12-16(20)5/h11-13,18H,7-10H2,1-6H3. The summed E-state index contributed by atoms with van der Waals surface area (Å²) in [4.78, 5) is 8.51. The summed E-state index contributed by atoms with van der Waals surface area (Å²) in [7, 11) is 0. The Morgan fingerprint density at radius 1 is 1.08 bits per heavy atom. The molecule has 1 aliphatic rings. The number of hydrogen-bond acceptors (Lipinski definition) is 4. The third-order valence-electron chi connectivity index (χ3n) is 5.13. The molecule has 0 unspecified atom stereocenters. The van der Waals surface area contributed by atoms with Crippen molar-refractivity contribution in [2.45, 2.75) is 65.3 Å². The summed E-state index contributed by atoms with van der Waals surface area (Å²) in [5, 5.41) is 0. The first-order chi connectivity index (χ1) is 12.4. The molecular weight excluding hydrogens is 340 g/mol. The average Bonchev–Trinajstić information content (AvgIpc) is 2.59. The molecule has 0 amide bonds. The SMILES string of the molecule is CCC(CC)N1CCSc2c1cc(C)nc2Oc1c(C)cc(C)cc1C. The van der Waals surface area contributed by atoms with Crippen LogP contribution in [0.15, 0.2) is 23.1 Å². The minimum Gasteiger partial charge on any atom is -0.437 e. The van der Waals surface area contributed by atoms with Crippen LogP contribution in [0.3, 0.4) is 0 Å². The zero-order chi connectivity index (χ0) is 18.8. The van der Waals surface area contributed by atoms with E-state index in [0.29, 0.717) is 6.04 Å². The molecule has 4 heteroatoms. The molecule has 0 saturated heterocycles. The maximum atomic E-state index is 6.41. The molecule has 0 spiro atoms. The minimum absolute atomic E-state index is 0.576. The minimum atomic E-state index is 0.576. The largest absolute Gasteiger partial charge is 0.437 e. The lowest BCUT2D eigenvalue weighted by Gasteiger charge is -2.37. The molecule has 0 fully saturated rings. The molecule has 1 aliphatic heterocycles. The van der Waals surface area contributed by atoms with Gasteiger partial charge in [0, 0.05) is 24.0 Å². The van der Waals surface area contributed by atoms with Crippen LogP contribution in [0.25, 0.3) is 0 Å². The summed E-state index contributed by atoms with van der Waals surface area (Å²) in [5.74, 6) is 2.78. The van der Waals surface area contributed by atoms with Gasteiger partial charge in [0.1, 0.15) is 5.75 Å². The van der Waals surface area contributed by atoms with E-state index in [-0.39, 0.29) is 0 Å². The molecule has 0 atom stereocenters. The van der Waals surface area contributed by atoms with Gasteiger partial charge in [-0.05, 0) is 57.7 Å². The van der Waals surface area contributed by atoms with Crippen molar-refractivity contribution in [1.29, 1.82) is 0 Å². The van der Waals surface area contributed by atoms with Crippen molar-refractivity contribution in [3.05, 3.63) is 40.6 Å². The van der Waals surface area contributed by atoms with E-state index in [0.717, 1.165) is 53.6 Å². The number of aromatic nitrogens is 1. The smallest absolute Gasteiger partial charge is 0.235 e. The number of pyridine rings is 1. The van der Waals surface area contributed by atoms with Crippen LogP contribution in [0.5, 0.6) is 11.6 Å². The quantitative estimate of drug-likeness (QED) is 0.625. The fourth-order valence-corrected chi connectivity index (χ4v) is 4.96. The molecule has 0 bridgehead atoms. The highest BCUT2D eigenvalue weighted by molar-refractivity contribution is 7.99. The highest BCUT2D eigenvalue weighted by Crippen LogP contribution is 2.44. The molecule has 0 aliphatic carbocycles. The molecule has 140 valence electrons. The summed E-state index contributed by atoms with van der Waals surface area (Å²) in [6.07, 6.45) is 2.32. The van der Waals surface area contributed by atoms with Crippen LogP contribution < -0.4 is 9.64 Å². The van der Waals surface area contributed by atoms with Crippen molar-refractivity contribution in [3.63, 3.8) is 0 Å². The van der Waals surface area contributed by atoms with Crippen LogP contribution in [0.1, 0.15) is 49.1 Å². The van der Waals surface area contributed by atoms with E-state index < -0.39 is 0 Å². The first-order valence-electron chi connectivity index (χ1n) is 9.61. The highest BCUT2D eigenvalue weighted by atomic mass is 32.2. The van der Waals surface area contributed by atoms with Crippen molar-refractivity contribution in [3.8, 4) is 11.6 Å². The zero-order valence-corrected chi connectivity index (χ0v) is 17.7.